The Balaban J connectivity index is 1.38. The van der Waals surface area contributed by atoms with E-state index >= 15 is 0 Å². The molecule has 1 amide bonds. The molecule has 0 fully saturated rings. The van der Waals surface area contributed by atoms with Crippen LogP contribution in [-0.2, 0) is 0 Å². The molecule has 0 aliphatic rings. The average molecular weight is 563 g/mol. The number of pyridine rings is 3. The maximum atomic E-state index is 14.9. The number of benzene rings is 2. The summed E-state index contributed by atoms with van der Waals surface area (Å²) in [6.07, 6.45) is 4.34. The van der Waals surface area contributed by atoms with Crippen LogP contribution in [0.15, 0.2) is 77.7 Å². The van der Waals surface area contributed by atoms with Crippen LogP contribution in [0.3, 0.4) is 0 Å². The number of amides is 1. The van der Waals surface area contributed by atoms with E-state index in [2.05, 4.69) is 36.2 Å². The molecule has 0 spiro atoms. The minimum atomic E-state index is -0.724. The molecule has 5 aromatic rings. The van der Waals surface area contributed by atoms with Crippen LogP contribution in [0.1, 0.15) is 16.1 Å². The number of anilines is 1. The molecule has 184 valence electrons. The fourth-order valence-electron chi connectivity index (χ4n) is 3.76. The fraction of sp³-hybridized carbons (Fsp3) is 0.0370. The highest BCUT2D eigenvalue weighted by Gasteiger charge is 2.20. The van der Waals surface area contributed by atoms with Gasteiger partial charge in [-0.3, -0.25) is 14.8 Å². The number of carbonyl (C=O) groups excluding carboxylic acids is 1. The SMILES string of the molecule is Cc1ncc(C(=O)Nc2ccc(Oc3ccnc4cc(Br)cnc34)c(F)c2)c(O)c1-c1ccc(F)cc1. The molecule has 5 rings (SSSR count). The van der Waals surface area contributed by atoms with Gasteiger partial charge in [-0.25, -0.2) is 13.8 Å². The van der Waals surface area contributed by atoms with Crippen molar-refractivity contribution in [3.63, 3.8) is 0 Å². The molecule has 10 heteroatoms. The second-order valence-corrected chi connectivity index (χ2v) is 8.94. The van der Waals surface area contributed by atoms with Gasteiger partial charge in [0.1, 0.15) is 22.6 Å². The third-order valence-corrected chi connectivity index (χ3v) is 5.97. The van der Waals surface area contributed by atoms with Gasteiger partial charge >= 0.3 is 0 Å². The molecule has 0 aliphatic carbocycles. The monoisotopic (exact) mass is 562 g/mol. The Kier molecular flexibility index (Phi) is 6.49. The number of aryl methyl sites for hydroxylation is 1. The molecule has 37 heavy (non-hydrogen) atoms. The first-order chi connectivity index (χ1) is 17.8. The summed E-state index contributed by atoms with van der Waals surface area (Å²) < 4.78 is 34.7. The van der Waals surface area contributed by atoms with Gasteiger partial charge in [-0.15, -0.1) is 0 Å². The Morgan fingerprint density at radius 1 is 0.973 bits per heavy atom. The van der Waals surface area contributed by atoms with E-state index in [0.717, 1.165) is 10.5 Å². The summed E-state index contributed by atoms with van der Waals surface area (Å²) in [5, 5.41) is 13.4. The molecule has 3 aromatic heterocycles. The van der Waals surface area contributed by atoms with Crippen molar-refractivity contribution >= 4 is 38.6 Å². The summed E-state index contributed by atoms with van der Waals surface area (Å²) in [6.45, 7) is 1.66. The summed E-state index contributed by atoms with van der Waals surface area (Å²) >= 11 is 3.33. The first-order valence-electron chi connectivity index (χ1n) is 10.9. The highest BCUT2D eigenvalue weighted by molar-refractivity contribution is 9.10. The highest BCUT2D eigenvalue weighted by Crippen LogP contribution is 2.35. The number of hydrogen-bond acceptors (Lipinski definition) is 6. The van der Waals surface area contributed by atoms with Crippen molar-refractivity contribution in [2.24, 2.45) is 0 Å². The van der Waals surface area contributed by atoms with E-state index in [1.165, 1.54) is 48.8 Å². The standard InChI is InChI=1S/C27H17BrF2N4O3/c1-14-24(15-2-4-17(29)5-3-15)26(35)19(13-32-14)27(36)34-18-6-7-22(20(30)11-18)37-23-8-9-31-21-10-16(28)12-33-25(21)23/h2-13H,1H3,(H,32,35)(H,34,36). The number of aromatic hydroxyl groups is 1. The molecule has 2 aromatic carbocycles. The van der Waals surface area contributed by atoms with E-state index in [1.807, 2.05) is 0 Å². The number of nitrogens with zero attached hydrogens (tertiary/aromatic N) is 3. The number of ether oxygens (including phenoxy) is 1. The Bertz CT molecular complexity index is 1660. The lowest BCUT2D eigenvalue weighted by Gasteiger charge is -2.13. The van der Waals surface area contributed by atoms with Crippen LogP contribution in [0.25, 0.3) is 22.2 Å². The quantitative estimate of drug-likeness (QED) is 0.245. The normalized spacial score (nSPS) is 10.9. The second-order valence-electron chi connectivity index (χ2n) is 8.02. The van der Waals surface area contributed by atoms with Crippen LogP contribution in [0.4, 0.5) is 14.5 Å². The first-order valence-corrected chi connectivity index (χ1v) is 11.7. The largest absolute Gasteiger partial charge is 0.506 e. The Morgan fingerprint density at radius 3 is 2.51 bits per heavy atom. The molecule has 0 aliphatic heterocycles. The van der Waals surface area contributed by atoms with Crippen LogP contribution in [0.5, 0.6) is 17.2 Å². The smallest absolute Gasteiger partial charge is 0.261 e. The van der Waals surface area contributed by atoms with Crippen LogP contribution < -0.4 is 10.1 Å². The van der Waals surface area contributed by atoms with Crippen molar-refractivity contribution in [1.29, 1.82) is 0 Å². The van der Waals surface area contributed by atoms with Crippen molar-refractivity contribution in [3.8, 4) is 28.4 Å². The minimum absolute atomic E-state index is 0.0753. The van der Waals surface area contributed by atoms with Crippen molar-refractivity contribution in [2.45, 2.75) is 6.92 Å². The zero-order valence-corrected chi connectivity index (χ0v) is 20.8. The lowest BCUT2D eigenvalue weighted by Crippen LogP contribution is -2.13. The number of nitrogens with one attached hydrogen (secondary N) is 1. The van der Waals surface area contributed by atoms with E-state index in [4.69, 9.17) is 4.74 Å². The number of carbonyl (C=O) groups is 1. The van der Waals surface area contributed by atoms with Crippen molar-refractivity contribution in [1.82, 2.24) is 15.0 Å². The van der Waals surface area contributed by atoms with E-state index in [-0.39, 0.29) is 22.7 Å². The summed E-state index contributed by atoms with van der Waals surface area (Å²) in [7, 11) is 0. The van der Waals surface area contributed by atoms with Gasteiger partial charge in [-0.2, -0.15) is 0 Å². The first kappa shape index (κ1) is 24.3. The van der Waals surface area contributed by atoms with E-state index in [9.17, 15) is 18.7 Å². The number of rotatable bonds is 5. The van der Waals surface area contributed by atoms with Gasteiger partial charge in [0.05, 0.1) is 5.52 Å². The molecule has 0 unspecified atom stereocenters. The van der Waals surface area contributed by atoms with E-state index in [1.54, 1.807) is 25.3 Å². The predicted octanol–water partition coefficient (Wildman–Crippen LogP) is 6.79. The van der Waals surface area contributed by atoms with Crippen molar-refractivity contribution in [3.05, 3.63) is 101 Å². The Morgan fingerprint density at radius 2 is 1.76 bits per heavy atom. The third kappa shape index (κ3) is 4.96. The molecule has 0 bridgehead atoms. The topological polar surface area (TPSA) is 97.2 Å². The van der Waals surface area contributed by atoms with Gasteiger partial charge in [0.15, 0.2) is 17.3 Å². The van der Waals surface area contributed by atoms with E-state index < -0.39 is 17.5 Å². The number of halogens is 3. The van der Waals surface area contributed by atoms with Crippen LogP contribution in [0, 0.1) is 18.6 Å². The van der Waals surface area contributed by atoms with Gasteiger partial charge in [0.2, 0.25) is 0 Å². The number of fused-ring (bicyclic) bond motifs is 1. The summed E-state index contributed by atoms with van der Waals surface area (Å²) in [5.74, 6) is -1.93. The molecule has 2 N–H and O–H groups in total. The van der Waals surface area contributed by atoms with Gasteiger partial charge in [0, 0.05) is 52.1 Å². The molecule has 3 heterocycles. The number of hydrogen-bond donors (Lipinski definition) is 2. The molecular weight excluding hydrogens is 546 g/mol. The summed E-state index contributed by atoms with van der Waals surface area (Å²) in [6, 6.07) is 12.7. The molecule has 0 saturated carbocycles. The maximum Gasteiger partial charge on any atom is 0.261 e. The van der Waals surface area contributed by atoms with Gasteiger partial charge < -0.3 is 15.2 Å². The van der Waals surface area contributed by atoms with Crippen molar-refractivity contribution in [2.75, 3.05) is 5.32 Å². The molecule has 0 saturated heterocycles. The highest BCUT2D eigenvalue weighted by atomic mass is 79.9. The van der Waals surface area contributed by atoms with E-state index in [0.29, 0.717) is 33.6 Å². The average Bonchev–Trinajstić information content (AvgIpc) is 2.86. The lowest BCUT2D eigenvalue weighted by atomic mass is 10.0. The third-order valence-electron chi connectivity index (χ3n) is 5.54. The fourth-order valence-corrected chi connectivity index (χ4v) is 4.08. The zero-order chi connectivity index (χ0) is 26.1. The zero-order valence-electron chi connectivity index (χ0n) is 19.2. The van der Waals surface area contributed by atoms with Crippen LogP contribution >= 0.6 is 15.9 Å². The Hall–Kier alpha value is -4.44. The van der Waals surface area contributed by atoms with Crippen LogP contribution in [-0.4, -0.2) is 26.0 Å². The molecule has 0 radical (unpaired) electrons. The predicted molar refractivity (Wildman–Crippen MR) is 138 cm³/mol. The number of aromatic nitrogens is 3. The van der Waals surface area contributed by atoms with Crippen LogP contribution in [0.2, 0.25) is 0 Å². The molecule has 0 atom stereocenters. The summed E-state index contributed by atoms with van der Waals surface area (Å²) in [5.41, 5.74) is 2.30. The van der Waals surface area contributed by atoms with Crippen molar-refractivity contribution < 1.29 is 23.4 Å². The molecular formula is C27H17BrF2N4O3. The molecule has 7 nitrogen and oxygen atoms in total. The van der Waals surface area contributed by atoms with Gasteiger partial charge in [-0.05, 0) is 58.7 Å². The second kappa shape index (κ2) is 9.90. The maximum absolute atomic E-state index is 14.9. The van der Waals surface area contributed by atoms with Gasteiger partial charge in [-0.1, -0.05) is 12.1 Å². The van der Waals surface area contributed by atoms with Gasteiger partial charge in [0.25, 0.3) is 5.91 Å². The minimum Gasteiger partial charge on any atom is -0.506 e. The Labute approximate surface area is 217 Å². The summed E-state index contributed by atoms with van der Waals surface area (Å²) in [4.78, 5) is 25.6. The lowest BCUT2D eigenvalue weighted by molar-refractivity contribution is 0.102.